The van der Waals surface area contributed by atoms with Crippen molar-refractivity contribution in [2.24, 2.45) is 4.99 Å². The second-order valence-electron chi connectivity index (χ2n) is 5.43. The summed E-state index contributed by atoms with van der Waals surface area (Å²) in [6.07, 6.45) is 2.08. The minimum absolute atomic E-state index is 0.192. The van der Waals surface area contributed by atoms with E-state index in [1.165, 1.54) is 0 Å². The summed E-state index contributed by atoms with van der Waals surface area (Å²) >= 11 is 6.85. The Kier molecular flexibility index (Phi) is 5.58. The Hall–Kier alpha value is -1.37. The predicted octanol–water partition coefficient (Wildman–Crippen LogP) is 4.88. The van der Waals surface area contributed by atoms with Crippen molar-refractivity contribution in [3.8, 4) is 0 Å². The van der Waals surface area contributed by atoms with Crippen molar-refractivity contribution in [2.75, 3.05) is 12.0 Å². The third-order valence-electron chi connectivity index (χ3n) is 3.63. The van der Waals surface area contributed by atoms with Crippen LogP contribution in [0, 0.1) is 6.92 Å². The van der Waals surface area contributed by atoms with Gasteiger partial charge in [-0.05, 0) is 43.5 Å². The van der Waals surface area contributed by atoms with E-state index in [9.17, 15) is 4.79 Å². The highest BCUT2D eigenvalue weighted by Crippen LogP contribution is 2.22. The quantitative estimate of drug-likeness (QED) is 0.602. The molecule has 0 bridgehead atoms. The van der Waals surface area contributed by atoms with Crippen LogP contribution in [-0.4, -0.2) is 22.5 Å². The highest BCUT2D eigenvalue weighted by atomic mass is 79.9. The van der Waals surface area contributed by atoms with Crippen molar-refractivity contribution in [3.05, 3.63) is 62.9 Å². The van der Waals surface area contributed by atoms with Crippen LogP contribution in [0.25, 0.3) is 10.2 Å². The van der Waals surface area contributed by atoms with Crippen LogP contribution in [-0.2, 0) is 6.54 Å². The van der Waals surface area contributed by atoms with Gasteiger partial charge >= 0.3 is 0 Å². The number of halogens is 1. The molecule has 0 saturated heterocycles. The smallest absolute Gasteiger partial charge is 0.279 e. The second kappa shape index (κ2) is 7.68. The first-order chi connectivity index (χ1) is 11.6. The van der Waals surface area contributed by atoms with Gasteiger partial charge in [-0.25, -0.2) is 0 Å². The zero-order valence-corrected chi connectivity index (χ0v) is 16.7. The van der Waals surface area contributed by atoms with Crippen molar-refractivity contribution in [1.82, 2.24) is 4.57 Å². The Balaban J connectivity index is 2.11. The first-order valence-electron chi connectivity index (χ1n) is 7.52. The summed E-state index contributed by atoms with van der Waals surface area (Å²) in [7, 11) is 0. The molecule has 2 aromatic carbocycles. The van der Waals surface area contributed by atoms with Gasteiger partial charge in [-0.15, -0.1) is 0 Å². The first kappa shape index (κ1) is 17.5. The molecule has 6 heteroatoms. The molecule has 1 amide bonds. The average molecular weight is 421 g/mol. The fourth-order valence-corrected chi connectivity index (χ4v) is 4.43. The van der Waals surface area contributed by atoms with Gasteiger partial charge in [0.1, 0.15) is 0 Å². The van der Waals surface area contributed by atoms with Gasteiger partial charge in [-0.1, -0.05) is 45.0 Å². The van der Waals surface area contributed by atoms with Gasteiger partial charge in [0.15, 0.2) is 4.80 Å². The molecule has 0 aliphatic rings. The summed E-state index contributed by atoms with van der Waals surface area (Å²) in [4.78, 5) is 17.7. The van der Waals surface area contributed by atoms with E-state index in [1.807, 2.05) is 37.3 Å². The molecular weight excluding hydrogens is 404 g/mol. The Morgan fingerprint density at radius 2 is 2.12 bits per heavy atom. The van der Waals surface area contributed by atoms with E-state index in [0.717, 1.165) is 37.4 Å². The number of benzene rings is 2. The minimum Gasteiger partial charge on any atom is -0.316 e. The Morgan fingerprint density at radius 3 is 2.88 bits per heavy atom. The standard InChI is InChI=1S/C18H17BrN2OS2/c1-12-4-3-5-13(10-12)17(22)20-18-21(8-9-23-2)15-7-6-14(19)11-16(15)24-18/h3-7,10-11H,8-9H2,1-2H3. The SMILES string of the molecule is CSCCn1c(=NC(=O)c2cccc(C)c2)sc2cc(Br)ccc21. The average Bonchev–Trinajstić information content (AvgIpc) is 2.89. The zero-order valence-electron chi connectivity index (χ0n) is 13.5. The fraction of sp³-hybridized carbons (Fsp3) is 0.222. The minimum atomic E-state index is -0.192. The topological polar surface area (TPSA) is 34.4 Å². The lowest BCUT2D eigenvalue weighted by molar-refractivity contribution is 0.0998. The molecule has 0 unspecified atom stereocenters. The van der Waals surface area contributed by atoms with Gasteiger partial charge in [0.05, 0.1) is 10.2 Å². The molecule has 0 spiro atoms. The molecule has 0 fully saturated rings. The molecule has 124 valence electrons. The number of rotatable bonds is 4. The van der Waals surface area contributed by atoms with Gasteiger partial charge in [0, 0.05) is 22.3 Å². The van der Waals surface area contributed by atoms with Crippen molar-refractivity contribution < 1.29 is 4.79 Å². The van der Waals surface area contributed by atoms with E-state index in [4.69, 9.17) is 0 Å². The third kappa shape index (κ3) is 3.82. The van der Waals surface area contributed by atoms with Crippen LogP contribution in [0.4, 0.5) is 0 Å². The number of nitrogens with zero attached hydrogens (tertiary/aromatic N) is 2. The number of hydrogen-bond acceptors (Lipinski definition) is 3. The number of aromatic nitrogens is 1. The van der Waals surface area contributed by atoms with Crippen LogP contribution >= 0.6 is 39.0 Å². The van der Waals surface area contributed by atoms with Crippen LogP contribution in [0.1, 0.15) is 15.9 Å². The lowest BCUT2D eigenvalue weighted by atomic mass is 10.1. The van der Waals surface area contributed by atoms with Crippen molar-refractivity contribution in [3.63, 3.8) is 0 Å². The Morgan fingerprint density at radius 1 is 1.29 bits per heavy atom. The molecule has 0 aliphatic heterocycles. The van der Waals surface area contributed by atoms with Crippen LogP contribution in [0.5, 0.6) is 0 Å². The second-order valence-corrected chi connectivity index (χ2v) is 8.34. The van der Waals surface area contributed by atoms with E-state index in [-0.39, 0.29) is 5.91 Å². The van der Waals surface area contributed by atoms with E-state index >= 15 is 0 Å². The monoisotopic (exact) mass is 420 g/mol. The van der Waals surface area contributed by atoms with Crippen molar-refractivity contribution >= 4 is 55.2 Å². The molecule has 0 N–H and O–H groups in total. The number of carbonyl (C=O) groups is 1. The molecule has 1 heterocycles. The Labute approximate surface area is 157 Å². The lowest BCUT2D eigenvalue weighted by Crippen LogP contribution is -2.18. The molecule has 24 heavy (non-hydrogen) atoms. The van der Waals surface area contributed by atoms with Gasteiger partial charge in [-0.3, -0.25) is 4.79 Å². The number of hydrogen-bond donors (Lipinski definition) is 0. The van der Waals surface area contributed by atoms with Crippen molar-refractivity contribution in [2.45, 2.75) is 13.5 Å². The first-order valence-corrected chi connectivity index (χ1v) is 10.5. The number of fused-ring (bicyclic) bond motifs is 1. The van der Waals surface area contributed by atoms with Crippen LogP contribution in [0.15, 0.2) is 51.9 Å². The van der Waals surface area contributed by atoms with Crippen molar-refractivity contribution in [1.29, 1.82) is 0 Å². The fourth-order valence-electron chi connectivity index (χ4n) is 2.46. The molecule has 3 aromatic rings. The predicted molar refractivity (Wildman–Crippen MR) is 107 cm³/mol. The highest BCUT2D eigenvalue weighted by molar-refractivity contribution is 9.10. The summed E-state index contributed by atoms with van der Waals surface area (Å²) in [6, 6.07) is 13.7. The summed E-state index contributed by atoms with van der Waals surface area (Å²) < 4.78 is 4.29. The number of thioether (sulfide) groups is 1. The summed E-state index contributed by atoms with van der Waals surface area (Å²) in [5.74, 6) is 0.787. The number of aryl methyl sites for hydroxylation is 2. The van der Waals surface area contributed by atoms with E-state index in [1.54, 1.807) is 23.1 Å². The summed E-state index contributed by atoms with van der Waals surface area (Å²) in [6.45, 7) is 2.81. The van der Waals surface area contributed by atoms with Gasteiger partial charge in [0.25, 0.3) is 5.91 Å². The van der Waals surface area contributed by atoms with Crippen LogP contribution < -0.4 is 4.80 Å². The molecule has 3 nitrogen and oxygen atoms in total. The van der Waals surface area contributed by atoms with Gasteiger partial charge < -0.3 is 4.57 Å². The molecular formula is C18H17BrN2OS2. The lowest BCUT2D eigenvalue weighted by Gasteiger charge is -2.04. The Bertz CT molecular complexity index is 959. The number of thiazole rings is 1. The van der Waals surface area contributed by atoms with E-state index in [2.05, 4.69) is 43.9 Å². The summed E-state index contributed by atoms with van der Waals surface area (Å²) in [5.41, 5.74) is 2.81. The van der Waals surface area contributed by atoms with Crippen LogP contribution in [0.2, 0.25) is 0 Å². The number of amides is 1. The molecule has 0 saturated carbocycles. The highest BCUT2D eigenvalue weighted by Gasteiger charge is 2.09. The molecule has 0 aliphatic carbocycles. The van der Waals surface area contributed by atoms with Gasteiger partial charge in [0.2, 0.25) is 0 Å². The maximum Gasteiger partial charge on any atom is 0.279 e. The third-order valence-corrected chi connectivity index (χ3v) is 5.75. The maximum absolute atomic E-state index is 12.5. The van der Waals surface area contributed by atoms with Crippen LogP contribution in [0.3, 0.4) is 0 Å². The number of carbonyl (C=O) groups excluding carboxylic acids is 1. The molecule has 3 rings (SSSR count). The van der Waals surface area contributed by atoms with E-state index in [0.29, 0.717) is 5.56 Å². The maximum atomic E-state index is 12.5. The van der Waals surface area contributed by atoms with Gasteiger partial charge in [-0.2, -0.15) is 16.8 Å². The zero-order chi connectivity index (χ0) is 17.1. The summed E-state index contributed by atoms with van der Waals surface area (Å²) in [5, 5.41) is 0. The van der Waals surface area contributed by atoms with E-state index < -0.39 is 0 Å². The largest absolute Gasteiger partial charge is 0.316 e. The molecule has 0 atom stereocenters. The molecule has 0 radical (unpaired) electrons. The normalized spacial score (nSPS) is 12.0. The molecule has 1 aromatic heterocycles.